The number of aromatic nitrogens is 1. The molecule has 1 saturated carbocycles. The van der Waals surface area contributed by atoms with Crippen molar-refractivity contribution in [2.45, 2.75) is 59.3 Å². The van der Waals surface area contributed by atoms with Crippen molar-refractivity contribution in [3.63, 3.8) is 0 Å². The molecule has 2 unspecified atom stereocenters. The number of carbonyl (C=O) groups is 1. The summed E-state index contributed by atoms with van der Waals surface area (Å²) < 4.78 is 0. The third-order valence-electron chi connectivity index (χ3n) is 4.25. The quantitative estimate of drug-likeness (QED) is 0.730. The number of hydrogen-bond donors (Lipinski definition) is 0. The first-order chi connectivity index (χ1) is 9.44. The van der Waals surface area contributed by atoms with Crippen LogP contribution in [0.4, 0.5) is 0 Å². The Bertz CT molecular complexity index is 432. The number of rotatable bonds is 4. The van der Waals surface area contributed by atoms with Crippen LogP contribution in [-0.2, 0) is 0 Å². The minimum Gasteiger partial charge on any atom is -0.294 e. The number of hydrogen-bond acceptors (Lipinski definition) is 2. The van der Waals surface area contributed by atoms with Crippen molar-refractivity contribution in [3.8, 4) is 0 Å². The van der Waals surface area contributed by atoms with E-state index >= 15 is 0 Å². The van der Waals surface area contributed by atoms with Crippen molar-refractivity contribution in [2.24, 2.45) is 17.3 Å². The molecule has 20 heavy (non-hydrogen) atoms. The Morgan fingerprint density at radius 2 is 2.05 bits per heavy atom. The zero-order valence-electron chi connectivity index (χ0n) is 13.1. The Morgan fingerprint density at radius 3 is 2.70 bits per heavy atom. The van der Waals surface area contributed by atoms with Crippen LogP contribution < -0.4 is 0 Å². The first kappa shape index (κ1) is 15.2. The summed E-state index contributed by atoms with van der Waals surface area (Å²) in [6.07, 6.45) is 10.5. The van der Waals surface area contributed by atoms with Gasteiger partial charge in [-0.25, -0.2) is 0 Å². The lowest BCUT2D eigenvalue weighted by Crippen LogP contribution is -2.22. The number of ketones is 1. The van der Waals surface area contributed by atoms with Crippen LogP contribution in [0, 0.1) is 17.3 Å². The van der Waals surface area contributed by atoms with E-state index in [-0.39, 0.29) is 5.78 Å². The van der Waals surface area contributed by atoms with Crippen LogP contribution in [0.1, 0.15) is 69.7 Å². The Morgan fingerprint density at radius 1 is 1.30 bits per heavy atom. The van der Waals surface area contributed by atoms with Crippen LogP contribution in [0.25, 0.3) is 0 Å². The predicted molar refractivity (Wildman–Crippen MR) is 82.7 cm³/mol. The van der Waals surface area contributed by atoms with Crippen molar-refractivity contribution < 1.29 is 4.79 Å². The second-order valence-electron chi connectivity index (χ2n) is 7.53. The van der Waals surface area contributed by atoms with E-state index in [4.69, 9.17) is 0 Å². The number of Topliss-reactive ketones (excluding diaryl/α,β-unsaturated/α-hetero) is 1. The van der Waals surface area contributed by atoms with Crippen LogP contribution >= 0.6 is 0 Å². The molecule has 1 heterocycles. The van der Waals surface area contributed by atoms with E-state index in [1.165, 1.54) is 32.1 Å². The van der Waals surface area contributed by atoms with Crippen LogP contribution in [0.3, 0.4) is 0 Å². The Hall–Kier alpha value is -1.18. The van der Waals surface area contributed by atoms with E-state index in [9.17, 15) is 4.79 Å². The fraction of sp³-hybridized carbons (Fsp3) is 0.667. The van der Waals surface area contributed by atoms with Crippen LogP contribution in [0.5, 0.6) is 0 Å². The average Bonchev–Trinajstić information content (AvgIpc) is 2.38. The van der Waals surface area contributed by atoms with Gasteiger partial charge in [-0.15, -0.1) is 0 Å². The second-order valence-corrected chi connectivity index (χ2v) is 7.53. The molecule has 2 nitrogen and oxygen atoms in total. The van der Waals surface area contributed by atoms with Gasteiger partial charge in [-0.05, 0) is 48.6 Å². The lowest BCUT2D eigenvalue weighted by molar-refractivity contribution is 0.0931. The topological polar surface area (TPSA) is 30.0 Å². The fourth-order valence-corrected chi connectivity index (χ4v) is 3.55. The normalized spacial score (nSPS) is 23.6. The van der Waals surface area contributed by atoms with Gasteiger partial charge in [-0.3, -0.25) is 9.78 Å². The second kappa shape index (κ2) is 6.51. The third-order valence-corrected chi connectivity index (χ3v) is 4.25. The highest BCUT2D eigenvalue weighted by atomic mass is 16.1. The van der Waals surface area contributed by atoms with Crippen molar-refractivity contribution >= 4 is 5.78 Å². The number of pyridine rings is 1. The van der Waals surface area contributed by atoms with Crippen LogP contribution in [0.2, 0.25) is 0 Å². The molecule has 1 aliphatic rings. The molecule has 110 valence electrons. The van der Waals surface area contributed by atoms with Crippen LogP contribution in [-0.4, -0.2) is 10.8 Å². The van der Waals surface area contributed by atoms with E-state index in [1.54, 1.807) is 12.4 Å². The average molecular weight is 273 g/mol. The van der Waals surface area contributed by atoms with Gasteiger partial charge in [0.25, 0.3) is 0 Å². The summed E-state index contributed by atoms with van der Waals surface area (Å²) in [5, 5.41) is 0. The third kappa shape index (κ3) is 4.73. The summed E-state index contributed by atoms with van der Waals surface area (Å²) in [5.41, 5.74) is 1.17. The number of nitrogens with zero attached hydrogens (tertiary/aromatic N) is 1. The van der Waals surface area contributed by atoms with Gasteiger partial charge in [0.1, 0.15) is 0 Å². The van der Waals surface area contributed by atoms with E-state index in [1.807, 2.05) is 12.1 Å². The van der Waals surface area contributed by atoms with E-state index in [0.717, 1.165) is 11.5 Å². The monoisotopic (exact) mass is 273 g/mol. The smallest absolute Gasteiger partial charge is 0.164 e. The molecule has 0 N–H and O–H groups in total. The Labute approximate surface area is 123 Å². The first-order valence-electron chi connectivity index (χ1n) is 7.87. The maximum atomic E-state index is 12.3. The minimum atomic E-state index is 0.263. The summed E-state index contributed by atoms with van der Waals surface area (Å²) >= 11 is 0. The van der Waals surface area contributed by atoms with Crippen molar-refractivity contribution in [1.29, 1.82) is 0 Å². The highest BCUT2D eigenvalue weighted by Crippen LogP contribution is 2.38. The largest absolute Gasteiger partial charge is 0.294 e. The SMILES string of the molecule is CC(C)(C)CC1CCCC(CC(=O)c2cccnc2)C1. The maximum absolute atomic E-state index is 12.3. The standard InChI is InChI=1S/C18H27NO/c1-18(2,3)12-15-7-4-6-14(10-15)11-17(20)16-8-5-9-19-13-16/h5,8-9,13-15H,4,6-7,10-12H2,1-3H3. The molecule has 0 aromatic carbocycles. The number of carbonyl (C=O) groups excluding carboxylic acids is 1. The Kier molecular flexibility index (Phi) is 4.95. The molecule has 0 bridgehead atoms. The molecule has 0 radical (unpaired) electrons. The van der Waals surface area contributed by atoms with Crippen molar-refractivity contribution in [2.75, 3.05) is 0 Å². The molecule has 1 fully saturated rings. The molecular formula is C18H27NO. The van der Waals surface area contributed by atoms with Crippen LogP contribution in [0.15, 0.2) is 24.5 Å². The molecule has 2 heteroatoms. The summed E-state index contributed by atoms with van der Waals surface area (Å²) in [6.45, 7) is 6.95. The van der Waals surface area contributed by atoms with Gasteiger partial charge in [-0.2, -0.15) is 0 Å². The predicted octanol–water partition coefficient (Wildman–Crippen LogP) is 4.90. The summed E-state index contributed by atoms with van der Waals surface area (Å²) in [6, 6.07) is 3.72. The summed E-state index contributed by atoms with van der Waals surface area (Å²) in [5.74, 6) is 1.64. The first-order valence-corrected chi connectivity index (χ1v) is 7.87. The molecule has 0 aliphatic heterocycles. The molecule has 1 aromatic heterocycles. The molecular weight excluding hydrogens is 246 g/mol. The molecule has 2 rings (SSSR count). The lowest BCUT2D eigenvalue weighted by atomic mass is 9.73. The van der Waals surface area contributed by atoms with Crippen molar-refractivity contribution in [1.82, 2.24) is 4.98 Å². The zero-order valence-corrected chi connectivity index (χ0v) is 13.1. The minimum absolute atomic E-state index is 0.263. The Balaban J connectivity index is 1.88. The maximum Gasteiger partial charge on any atom is 0.164 e. The molecule has 1 aromatic rings. The highest BCUT2D eigenvalue weighted by Gasteiger charge is 2.27. The van der Waals surface area contributed by atoms with Gasteiger partial charge in [0.05, 0.1) is 0 Å². The van der Waals surface area contributed by atoms with E-state index < -0.39 is 0 Å². The van der Waals surface area contributed by atoms with Gasteiger partial charge in [0.15, 0.2) is 5.78 Å². The molecule has 1 aliphatic carbocycles. The van der Waals surface area contributed by atoms with Gasteiger partial charge >= 0.3 is 0 Å². The molecule has 2 atom stereocenters. The van der Waals surface area contributed by atoms with Gasteiger partial charge in [-0.1, -0.05) is 33.6 Å². The van der Waals surface area contributed by atoms with Crippen molar-refractivity contribution in [3.05, 3.63) is 30.1 Å². The van der Waals surface area contributed by atoms with Gasteiger partial charge in [0.2, 0.25) is 0 Å². The summed E-state index contributed by atoms with van der Waals surface area (Å²) in [7, 11) is 0. The summed E-state index contributed by atoms with van der Waals surface area (Å²) in [4.78, 5) is 16.3. The van der Waals surface area contributed by atoms with Gasteiger partial charge < -0.3 is 0 Å². The highest BCUT2D eigenvalue weighted by molar-refractivity contribution is 5.95. The molecule has 0 spiro atoms. The fourth-order valence-electron chi connectivity index (χ4n) is 3.55. The molecule has 0 saturated heterocycles. The zero-order chi connectivity index (χ0) is 14.6. The van der Waals surface area contributed by atoms with Gasteiger partial charge in [0, 0.05) is 24.4 Å². The van der Waals surface area contributed by atoms with E-state index in [2.05, 4.69) is 25.8 Å². The van der Waals surface area contributed by atoms with E-state index in [0.29, 0.717) is 17.8 Å². The molecule has 0 amide bonds. The lowest BCUT2D eigenvalue weighted by Gasteiger charge is -2.33.